The molecule has 134 valence electrons. The van der Waals surface area contributed by atoms with Crippen LogP contribution >= 0.6 is 0 Å². The third-order valence-electron chi connectivity index (χ3n) is 3.59. The maximum Gasteiger partial charge on any atom is 0.191 e. The molecule has 2 aromatic rings. The van der Waals surface area contributed by atoms with Crippen molar-refractivity contribution in [1.29, 1.82) is 0 Å². The van der Waals surface area contributed by atoms with Crippen LogP contribution in [-0.2, 0) is 6.42 Å². The minimum atomic E-state index is -0.0102. The molecular weight excluding hydrogens is 316 g/mol. The molecule has 0 saturated carbocycles. The topological polar surface area (TPSA) is 67.8 Å². The minimum absolute atomic E-state index is 0.0102. The normalized spacial score (nSPS) is 12.4. The Balaban J connectivity index is 1.72. The number of nitrogens with zero attached hydrogens (tertiary/aromatic N) is 2. The van der Waals surface area contributed by atoms with E-state index in [1.165, 1.54) is 5.56 Å². The third kappa shape index (κ3) is 6.71. The summed E-state index contributed by atoms with van der Waals surface area (Å²) in [6.07, 6.45) is 4.54. The van der Waals surface area contributed by atoms with Crippen LogP contribution < -0.4 is 20.1 Å². The summed E-state index contributed by atoms with van der Waals surface area (Å²) >= 11 is 0. The standard InChI is InChI=1S/C19H26N4O2/c1-15(25-18-8-4-7-17(12-18)24-3)13-23-19(20-2)22-11-9-16-6-5-10-21-14-16/h4-8,10,12,14-15H,9,11,13H2,1-3H3,(H2,20,22,23). The first-order valence-corrected chi connectivity index (χ1v) is 8.35. The van der Waals surface area contributed by atoms with Crippen molar-refractivity contribution in [3.05, 3.63) is 54.4 Å². The van der Waals surface area contributed by atoms with E-state index in [4.69, 9.17) is 9.47 Å². The number of ether oxygens (including phenoxy) is 2. The number of hydrogen-bond acceptors (Lipinski definition) is 4. The van der Waals surface area contributed by atoms with E-state index in [9.17, 15) is 0 Å². The SMILES string of the molecule is CN=C(NCCc1cccnc1)NCC(C)Oc1cccc(OC)c1. The predicted molar refractivity (Wildman–Crippen MR) is 100 cm³/mol. The average Bonchev–Trinajstić information content (AvgIpc) is 2.65. The molecule has 0 aliphatic heterocycles. The highest BCUT2D eigenvalue weighted by Crippen LogP contribution is 2.19. The van der Waals surface area contributed by atoms with Crippen LogP contribution in [0.4, 0.5) is 0 Å². The van der Waals surface area contributed by atoms with Gasteiger partial charge in [-0.2, -0.15) is 0 Å². The summed E-state index contributed by atoms with van der Waals surface area (Å²) in [6.45, 7) is 3.44. The van der Waals surface area contributed by atoms with Gasteiger partial charge in [-0.05, 0) is 37.1 Å². The number of hydrogen-bond donors (Lipinski definition) is 2. The Labute approximate surface area is 149 Å². The Morgan fingerprint density at radius 2 is 2.04 bits per heavy atom. The lowest BCUT2D eigenvalue weighted by Gasteiger charge is -2.18. The van der Waals surface area contributed by atoms with Crippen molar-refractivity contribution in [2.45, 2.75) is 19.4 Å². The van der Waals surface area contributed by atoms with E-state index in [2.05, 4.69) is 26.7 Å². The molecule has 25 heavy (non-hydrogen) atoms. The second kappa shape index (κ2) is 10.2. The van der Waals surface area contributed by atoms with Crippen molar-refractivity contribution in [3.63, 3.8) is 0 Å². The minimum Gasteiger partial charge on any atom is -0.497 e. The van der Waals surface area contributed by atoms with Crippen LogP contribution in [-0.4, -0.2) is 44.3 Å². The molecule has 0 radical (unpaired) electrons. The molecule has 1 heterocycles. The lowest BCUT2D eigenvalue weighted by atomic mass is 10.2. The van der Waals surface area contributed by atoms with E-state index >= 15 is 0 Å². The lowest BCUT2D eigenvalue weighted by Crippen LogP contribution is -2.42. The van der Waals surface area contributed by atoms with Crippen LogP contribution in [0.3, 0.4) is 0 Å². The summed E-state index contributed by atoms with van der Waals surface area (Å²) in [5.41, 5.74) is 1.19. The van der Waals surface area contributed by atoms with Gasteiger partial charge in [0.25, 0.3) is 0 Å². The van der Waals surface area contributed by atoms with E-state index < -0.39 is 0 Å². The summed E-state index contributed by atoms with van der Waals surface area (Å²) in [6, 6.07) is 11.6. The molecule has 0 bridgehead atoms. The molecule has 2 rings (SSSR count). The van der Waals surface area contributed by atoms with Crippen molar-refractivity contribution >= 4 is 5.96 Å². The summed E-state index contributed by atoms with van der Waals surface area (Å²) in [7, 11) is 3.40. The molecule has 0 spiro atoms. The van der Waals surface area contributed by atoms with Gasteiger partial charge >= 0.3 is 0 Å². The molecule has 6 heteroatoms. The number of aromatic nitrogens is 1. The van der Waals surface area contributed by atoms with Crippen molar-refractivity contribution in [2.75, 3.05) is 27.2 Å². The second-order valence-corrected chi connectivity index (χ2v) is 5.60. The van der Waals surface area contributed by atoms with Crippen LogP contribution in [0.25, 0.3) is 0 Å². The van der Waals surface area contributed by atoms with E-state index in [-0.39, 0.29) is 6.10 Å². The van der Waals surface area contributed by atoms with Crippen LogP contribution in [0.15, 0.2) is 53.8 Å². The molecule has 1 aromatic heterocycles. The monoisotopic (exact) mass is 342 g/mol. The quantitative estimate of drug-likeness (QED) is 0.569. The number of aliphatic imine (C=N–C) groups is 1. The molecule has 0 fully saturated rings. The molecule has 1 atom stereocenters. The smallest absolute Gasteiger partial charge is 0.191 e. The van der Waals surface area contributed by atoms with Crippen LogP contribution in [0.5, 0.6) is 11.5 Å². The van der Waals surface area contributed by atoms with Gasteiger partial charge in [0.05, 0.1) is 13.7 Å². The zero-order valence-corrected chi connectivity index (χ0v) is 15.0. The van der Waals surface area contributed by atoms with E-state index in [0.29, 0.717) is 6.54 Å². The summed E-state index contributed by atoms with van der Waals surface area (Å²) < 4.78 is 11.1. The third-order valence-corrected chi connectivity index (χ3v) is 3.59. The van der Waals surface area contributed by atoms with Gasteiger partial charge in [-0.1, -0.05) is 12.1 Å². The number of methoxy groups -OCH3 is 1. The zero-order valence-electron chi connectivity index (χ0n) is 15.0. The fraction of sp³-hybridized carbons (Fsp3) is 0.368. The van der Waals surface area contributed by atoms with Gasteiger partial charge in [0, 0.05) is 32.1 Å². The molecule has 2 N–H and O–H groups in total. The highest BCUT2D eigenvalue weighted by Gasteiger charge is 2.06. The molecule has 0 saturated heterocycles. The molecule has 0 amide bonds. The Hall–Kier alpha value is -2.76. The summed E-state index contributed by atoms with van der Waals surface area (Å²) in [4.78, 5) is 8.34. The molecule has 6 nitrogen and oxygen atoms in total. The molecule has 1 unspecified atom stereocenters. The van der Waals surface area contributed by atoms with Gasteiger partial charge in [-0.25, -0.2) is 0 Å². The number of nitrogens with one attached hydrogen (secondary N) is 2. The number of pyridine rings is 1. The van der Waals surface area contributed by atoms with Gasteiger partial charge in [0.15, 0.2) is 5.96 Å². The average molecular weight is 342 g/mol. The largest absolute Gasteiger partial charge is 0.497 e. The van der Waals surface area contributed by atoms with Gasteiger partial charge in [0.1, 0.15) is 17.6 Å². The van der Waals surface area contributed by atoms with E-state index in [1.807, 2.05) is 43.5 Å². The summed E-state index contributed by atoms with van der Waals surface area (Å²) in [5.74, 6) is 2.32. The highest BCUT2D eigenvalue weighted by atomic mass is 16.5. The highest BCUT2D eigenvalue weighted by molar-refractivity contribution is 5.79. The van der Waals surface area contributed by atoms with E-state index in [1.54, 1.807) is 20.4 Å². The van der Waals surface area contributed by atoms with Gasteiger partial charge in [-0.3, -0.25) is 9.98 Å². The fourth-order valence-electron chi connectivity index (χ4n) is 2.28. The maximum atomic E-state index is 5.89. The van der Waals surface area contributed by atoms with Crippen LogP contribution in [0, 0.1) is 0 Å². The molecule has 0 aliphatic carbocycles. The van der Waals surface area contributed by atoms with Crippen LogP contribution in [0.2, 0.25) is 0 Å². The van der Waals surface area contributed by atoms with Gasteiger partial charge in [0.2, 0.25) is 0 Å². The van der Waals surface area contributed by atoms with Crippen LogP contribution in [0.1, 0.15) is 12.5 Å². The fourth-order valence-corrected chi connectivity index (χ4v) is 2.28. The molecule has 0 aliphatic rings. The first-order chi connectivity index (χ1) is 12.2. The second-order valence-electron chi connectivity index (χ2n) is 5.60. The van der Waals surface area contributed by atoms with Crippen molar-refractivity contribution in [2.24, 2.45) is 4.99 Å². The first-order valence-electron chi connectivity index (χ1n) is 8.35. The Morgan fingerprint density at radius 3 is 2.76 bits per heavy atom. The number of benzene rings is 1. The van der Waals surface area contributed by atoms with Crippen molar-refractivity contribution < 1.29 is 9.47 Å². The van der Waals surface area contributed by atoms with Crippen molar-refractivity contribution in [1.82, 2.24) is 15.6 Å². The van der Waals surface area contributed by atoms with Gasteiger partial charge in [-0.15, -0.1) is 0 Å². The lowest BCUT2D eigenvalue weighted by molar-refractivity contribution is 0.223. The van der Waals surface area contributed by atoms with Gasteiger partial charge < -0.3 is 20.1 Å². The number of guanidine groups is 1. The Bertz CT molecular complexity index is 661. The molecular formula is C19H26N4O2. The Morgan fingerprint density at radius 1 is 1.20 bits per heavy atom. The Kier molecular flexibility index (Phi) is 7.56. The summed E-state index contributed by atoms with van der Waals surface area (Å²) in [5, 5.41) is 6.56. The maximum absolute atomic E-state index is 5.89. The zero-order chi connectivity index (χ0) is 17.9. The number of rotatable bonds is 8. The molecule has 1 aromatic carbocycles. The first kappa shape index (κ1) is 18.6. The van der Waals surface area contributed by atoms with Crippen molar-refractivity contribution in [3.8, 4) is 11.5 Å². The predicted octanol–water partition coefficient (Wildman–Crippen LogP) is 2.27. The van der Waals surface area contributed by atoms with E-state index in [0.717, 1.165) is 30.4 Å².